The molecular weight excluding hydrogens is 292 g/mol. The minimum absolute atomic E-state index is 0.0440. The summed E-state index contributed by atoms with van der Waals surface area (Å²) in [7, 11) is 0. The molecule has 3 N–H and O–H groups in total. The number of urea groups is 1. The SMILES string of the molecule is CC(C)C(Sc1ccc2c(c1)OCCO2)C(=O)NC(N)=O. The maximum absolute atomic E-state index is 12.0. The van der Waals surface area contributed by atoms with Gasteiger partial charge in [0.05, 0.1) is 5.25 Å². The molecule has 6 nitrogen and oxygen atoms in total. The minimum atomic E-state index is -0.839. The summed E-state index contributed by atoms with van der Waals surface area (Å²) in [5.41, 5.74) is 5.00. The highest BCUT2D eigenvalue weighted by Crippen LogP contribution is 2.36. The number of thioether (sulfide) groups is 1. The van der Waals surface area contributed by atoms with Gasteiger partial charge in [-0.05, 0) is 24.1 Å². The van der Waals surface area contributed by atoms with E-state index in [-0.39, 0.29) is 5.92 Å². The smallest absolute Gasteiger partial charge is 0.318 e. The van der Waals surface area contributed by atoms with E-state index in [1.165, 1.54) is 11.8 Å². The molecule has 7 heteroatoms. The molecule has 1 aliphatic heterocycles. The van der Waals surface area contributed by atoms with Crippen LogP contribution in [0.15, 0.2) is 23.1 Å². The van der Waals surface area contributed by atoms with E-state index in [4.69, 9.17) is 15.2 Å². The third-order valence-electron chi connectivity index (χ3n) is 2.89. The number of hydrogen-bond acceptors (Lipinski definition) is 5. The Hall–Kier alpha value is -1.89. The Labute approximate surface area is 127 Å². The molecule has 2 rings (SSSR count). The number of fused-ring (bicyclic) bond motifs is 1. The first kappa shape index (κ1) is 15.5. The zero-order valence-corrected chi connectivity index (χ0v) is 12.7. The van der Waals surface area contributed by atoms with Crippen LogP contribution in [0.4, 0.5) is 4.79 Å². The van der Waals surface area contributed by atoms with E-state index in [9.17, 15) is 9.59 Å². The lowest BCUT2D eigenvalue weighted by atomic mass is 10.1. The summed E-state index contributed by atoms with van der Waals surface area (Å²) in [6.07, 6.45) is 0. The average molecular weight is 310 g/mol. The van der Waals surface area contributed by atoms with Gasteiger partial charge < -0.3 is 15.2 Å². The van der Waals surface area contributed by atoms with Gasteiger partial charge in [-0.15, -0.1) is 11.8 Å². The molecule has 0 bridgehead atoms. The third-order valence-corrected chi connectivity index (χ3v) is 4.43. The standard InChI is InChI=1S/C14H18N2O4S/c1-8(2)12(13(17)16-14(15)18)21-9-3-4-10-11(7-9)20-6-5-19-10/h3-4,7-8,12H,5-6H2,1-2H3,(H3,15,16,17,18). The van der Waals surface area contributed by atoms with Crippen LogP contribution in [0.3, 0.4) is 0 Å². The van der Waals surface area contributed by atoms with Gasteiger partial charge in [0.25, 0.3) is 0 Å². The van der Waals surface area contributed by atoms with Crippen LogP contribution in [0, 0.1) is 5.92 Å². The minimum Gasteiger partial charge on any atom is -0.486 e. The normalized spacial score (nSPS) is 14.6. The summed E-state index contributed by atoms with van der Waals surface area (Å²) in [5, 5.41) is 1.71. The summed E-state index contributed by atoms with van der Waals surface area (Å²) in [4.78, 5) is 23.7. The van der Waals surface area contributed by atoms with Crippen molar-refractivity contribution in [2.24, 2.45) is 11.7 Å². The van der Waals surface area contributed by atoms with Crippen molar-refractivity contribution in [3.63, 3.8) is 0 Å². The third kappa shape index (κ3) is 4.04. The summed E-state index contributed by atoms with van der Waals surface area (Å²) >= 11 is 1.36. The van der Waals surface area contributed by atoms with Crippen LogP contribution in [0.5, 0.6) is 11.5 Å². The number of benzene rings is 1. The van der Waals surface area contributed by atoms with Crippen molar-refractivity contribution in [3.8, 4) is 11.5 Å². The van der Waals surface area contributed by atoms with Crippen LogP contribution in [0.2, 0.25) is 0 Å². The second-order valence-electron chi connectivity index (χ2n) is 4.94. The Kier molecular flexibility index (Phi) is 4.95. The molecule has 1 unspecified atom stereocenters. The molecule has 3 amide bonds. The molecule has 1 heterocycles. The van der Waals surface area contributed by atoms with E-state index in [0.29, 0.717) is 24.7 Å². The maximum atomic E-state index is 12.0. The molecule has 21 heavy (non-hydrogen) atoms. The number of nitrogens with one attached hydrogen (secondary N) is 1. The van der Waals surface area contributed by atoms with Crippen LogP contribution < -0.4 is 20.5 Å². The van der Waals surface area contributed by atoms with Crippen LogP contribution in [0.25, 0.3) is 0 Å². The Morgan fingerprint density at radius 3 is 2.52 bits per heavy atom. The summed E-state index contributed by atoms with van der Waals surface area (Å²) in [5.74, 6) is 1.03. The van der Waals surface area contributed by atoms with Crippen LogP contribution >= 0.6 is 11.8 Å². The van der Waals surface area contributed by atoms with Gasteiger partial charge in [-0.25, -0.2) is 4.79 Å². The van der Waals surface area contributed by atoms with Crippen molar-refractivity contribution < 1.29 is 19.1 Å². The highest BCUT2D eigenvalue weighted by atomic mass is 32.2. The Balaban J connectivity index is 2.13. The topological polar surface area (TPSA) is 90.7 Å². The van der Waals surface area contributed by atoms with Gasteiger partial charge >= 0.3 is 6.03 Å². The van der Waals surface area contributed by atoms with E-state index in [2.05, 4.69) is 5.32 Å². The number of rotatable bonds is 4. The van der Waals surface area contributed by atoms with Gasteiger partial charge in [0.1, 0.15) is 13.2 Å². The van der Waals surface area contributed by atoms with Crippen molar-refractivity contribution in [1.82, 2.24) is 5.32 Å². The molecule has 0 saturated carbocycles. The first-order valence-electron chi connectivity index (χ1n) is 6.64. The number of nitrogens with two attached hydrogens (primary N) is 1. The fraction of sp³-hybridized carbons (Fsp3) is 0.429. The molecule has 1 atom stereocenters. The fourth-order valence-corrected chi connectivity index (χ4v) is 2.98. The summed E-state index contributed by atoms with van der Waals surface area (Å²) in [6.45, 7) is 4.87. The highest BCUT2D eigenvalue weighted by Gasteiger charge is 2.25. The largest absolute Gasteiger partial charge is 0.486 e. The first-order chi connectivity index (χ1) is 9.97. The maximum Gasteiger partial charge on any atom is 0.318 e. The lowest BCUT2D eigenvalue weighted by Crippen LogP contribution is -2.42. The van der Waals surface area contributed by atoms with Crippen molar-refractivity contribution in [3.05, 3.63) is 18.2 Å². The van der Waals surface area contributed by atoms with Crippen molar-refractivity contribution in [1.29, 1.82) is 0 Å². The quantitative estimate of drug-likeness (QED) is 0.827. The number of carbonyl (C=O) groups is 2. The number of ether oxygens (including phenoxy) is 2. The van der Waals surface area contributed by atoms with Crippen LogP contribution in [0.1, 0.15) is 13.8 Å². The monoisotopic (exact) mass is 310 g/mol. The second-order valence-corrected chi connectivity index (χ2v) is 6.16. The van der Waals surface area contributed by atoms with E-state index >= 15 is 0 Å². The summed E-state index contributed by atoms with van der Waals surface area (Å²) in [6, 6.07) is 4.69. The van der Waals surface area contributed by atoms with E-state index < -0.39 is 17.2 Å². The Morgan fingerprint density at radius 2 is 1.90 bits per heavy atom. The van der Waals surface area contributed by atoms with E-state index in [0.717, 1.165) is 4.90 Å². The van der Waals surface area contributed by atoms with Gasteiger partial charge in [-0.2, -0.15) is 0 Å². The molecule has 1 aromatic rings. The number of amides is 3. The average Bonchev–Trinajstić information content (AvgIpc) is 2.43. The Morgan fingerprint density at radius 1 is 1.24 bits per heavy atom. The molecule has 0 fully saturated rings. The molecule has 114 valence electrons. The second kappa shape index (κ2) is 6.71. The molecule has 0 aromatic heterocycles. The zero-order chi connectivity index (χ0) is 15.4. The fourth-order valence-electron chi connectivity index (χ4n) is 1.93. The molecule has 0 saturated heterocycles. The summed E-state index contributed by atoms with van der Waals surface area (Å²) < 4.78 is 11.0. The zero-order valence-electron chi connectivity index (χ0n) is 11.9. The molecular formula is C14H18N2O4S. The number of hydrogen-bond donors (Lipinski definition) is 2. The molecule has 1 aliphatic rings. The van der Waals surface area contributed by atoms with Crippen LogP contribution in [-0.2, 0) is 4.79 Å². The Bertz CT molecular complexity index is 548. The highest BCUT2D eigenvalue weighted by molar-refractivity contribution is 8.00. The van der Waals surface area contributed by atoms with Crippen molar-refractivity contribution in [2.75, 3.05) is 13.2 Å². The van der Waals surface area contributed by atoms with Crippen molar-refractivity contribution >= 4 is 23.7 Å². The number of carbonyl (C=O) groups excluding carboxylic acids is 2. The van der Waals surface area contributed by atoms with Gasteiger partial charge in [0, 0.05) is 4.90 Å². The number of imide groups is 1. The molecule has 0 aliphatic carbocycles. The van der Waals surface area contributed by atoms with E-state index in [1.807, 2.05) is 32.0 Å². The lowest BCUT2D eigenvalue weighted by Gasteiger charge is -2.21. The number of primary amides is 1. The molecule has 0 spiro atoms. The van der Waals surface area contributed by atoms with Crippen LogP contribution in [-0.4, -0.2) is 30.4 Å². The van der Waals surface area contributed by atoms with Gasteiger partial charge in [0.2, 0.25) is 5.91 Å². The van der Waals surface area contributed by atoms with Crippen molar-refractivity contribution in [2.45, 2.75) is 24.0 Å². The van der Waals surface area contributed by atoms with E-state index in [1.54, 1.807) is 0 Å². The molecule has 1 aromatic carbocycles. The van der Waals surface area contributed by atoms with Gasteiger partial charge in [-0.3, -0.25) is 10.1 Å². The molecule has 0 radical (unpaired) electrons. The van der Waals surface area contributed by atoms with Gasteiger partial charge in [0.15, 0.2) is 11.5 Å². The predicted octanol–water partition coefficient (Wildman–Crippen LogP) is 1.77. The lowest BCUT2D eigenvalue weighted by molar-refractivity contribution is -0.120. The predicted molar refractivity (Wildman–Crippen MR) is 79.6 cm³/mol. The van der Waals surface area contributed by atoms with Gasteiger partial charge in [-0.1, -0.05) is 13.8 Å². The first-order valence-corrected chi connectivity index (χ1v) is 7.52.